The van der Waals surface area contributed by atoms with E-state index in [1.54, 1.807) is 24.3 Å². The molecule has 6 heteroatoms. The first-order valence-corrected chi connectivity index (χ1v) is 13.8. The SMILES string of the molecule is CCCCCCCOc1c(F)c(F)c(C#Cc2ccc(C#Cc3ccc(OCCCCC)cc3)cc2)c(F)c1F. The molecule has 2 nitrogen and oxygen atoms in total. The molecule has 0 saturated heterocycles. The third-order valence-electron chi connectivity index (χ3n) is 6.16. The van der Waals surface area contributed by atoms with E-state index in [2.05, 4.69) is 37.5 Å². The molecule has 3 rings (SSSR count). The zero-order valence-corrected chi connectivity index (χ0v) is 23.0. The van der Waals surface area contributed by atoms with Crippen LogP contribution in [0.5, 0.6) is 11.5 Å². The summed E-state index contributed by atoms with van der Waals surface area (Å²) >= 11 is 0. The maximum atomic E-state index is 14.5. The number of hydrogen-bond acceptors (Lipinski definition) is 2. The fraction of sp³-hybridized carbons (Fsp3) is 0.353. The average molecular weight is 551 g/mol. The predicted octanol–water partition coefficient (Wildman–Crippen LogP) is 8.96. The fourth-order valence-corrected chi connectivity index (χ4v) is 3.82. The Kier molecular flexibility index (Phi) is 12.5. The highest BCUT2D eigenvalue weighted by Crippen LogP contribution is 2.30. The summed E-state index contributed by atoms with van der Waals surface area (Å²) in [4.78, 5) is 0. The molecule has 40 heavy (non-hydrogen) atoms. The Labute approximate surface area is 234 Å². The van der Waals surface area contributed by atoms with Crippen LogP contribution in [0, 0.1) is 47.0 Å². The van der Waals surface area contributed by atoms with E-state index in [4.69, 9.17) is 9.47 Å². The van der Waals surface area contributed by atoms with Gasteiger partial charge in [0.05, 0.1) is 13.2 Å². The lowest BCUT2D eigenvalue weighted by atomic mass is 10.1. The molecule has 0 aromatic heterocycles. The van der Waals surface area contributed by atoms with E-state index in [0.717, 1.165) is 56.3 Å². The highest BCUT2D eigenvalue weighted by molar-refractivity contribution is 5.50. The first-order valence-electron chi connectivity index (χ1n) is 13.8. The fourth-order valence-electron chi connectivity index (χ4n) is 3.82. The van der Waals surface area contributed by atoms with Gasteiger partial charge >= 0.3 is 0 Å². The van der Waals surface area contributed by atoms with Gasteiger partial charge in [-0.2, -0.15) is 8.78 Å². The zero-order valence-electron chi connectivity index (χ0n) is 23.0. The van der Waals surface area contributed by atoms with Crippen LogP contribution < -0.4 is 9.47 Å². The molecule has 0 aliphatic rings. The second-order valence-corrected chi connectivity index (χ2v) is 9.38. The third-order valence-corrected chi connectivity index (χ3v) is 6.16. The van der Waals surface area contributed by atoms with E-state index in [1.807, 2.05) is 24.3 Å². The van der Waals surface area contributed by atoms with E-state index in [0.29, 0.717) is 24.2 Å². The van der Waals surface area contributed by atoms with Crippen molar-refractivity contribution in [2.75, 3.05) is 13.2 Å². The van der Waals surface area contributed by atoms with Gasteiger partial charge < -0.3 is 9.47 Å². The Bertz CT molecular complexity index is 1330. The molecule has 210 valence electrons. The Balaban J connectivity index is 1.63. The number of benzene rings is 3. The van der Waals surface area contributed by atoms with Crippen LogP contribution in [-0.4, -0.2) is 13.2 Å². The topological polar surface area (TPSA) is 18.5 Å². The summed E-state index contributed by atoms with van der Waals surface area (Å²) < 4.78 is 68.7. The van der Waals surface area contributed by atoms with Crippen molar-refractivity contribution in [2.45, 2.75) is 65.2 Å². The number of hydrogen-bond donors (Lipinski definition) is 0. The van der Waals surface area contributed by atoms with Crippen molar-refractivity contribution in [1.29, 1.82) is 0 Å². The Morgan fingerprint density at radius 1 is 0.500 bits per heavy atom. The van der Waals surface area contributed by atoms with Crippen LogP contribution in [0.4, 0.5) is 17.6 Å². The van der Waals surface area contributed by atoms with Crippen LogP contribution in [0.25, 0.3) is 0 Å². The van der Waals surface area contributed by atoms with E-state index in [1.165, 1.54) is 0 Å². The van der Waals surface area contributed by atoms with E-state index < -0.39 is 34.6 Å². The van der Waals surface area contributed by atoms with Gasteiger partial charge in [0.1, 0.15) is 11.3 Å². The standard InChI is InChI=1S/C34H34F4O2/c1-3-5-7-8-10-24-40-34-32(37)30(35)29(31(36)33(34)38)22-19-26-14-11-25(12-15-26)13-16-27-17-20-28(21-18-27)39-23-9-6-4-2/h11-12,14-15,17-18,20-21H,3-10,23-24H2,1-2H3. The van der Waals surface area contributed by atoms with Gasteiger partial charge in [-0.05, 0) is 61.4 Å². The van der Waals surface area contributed by atoms with Gasteiger partial charge in [0.15, 0.2) is 17.4 Å². The molecule has 0 spiro atoms. The van der Waals surface area contributed by atoms with E-state index in [9.17, 15) is 17.6 Å². The molecule has 3 aromatic rings. The highest BCUT2D eigenvalue weighted by Gasteiger charge is 2.25. The van der Waals surface area contributed by atoms with Crippen LogP contribution in [-0.2, 0) is 0 Å². The van der Waals surface area contributed by atoms with Crippen LogP contribution in [0.2, 0.25) is 0 Å². The van der Waals surface area contributed by atoms with Crippen molar-refractivity contribution >= 4 is 0 Å². The third kappa shape index (κ3) is 9.09. The van der Waals surface area contributed by atoms with Gasteiger partial charge in [-0.1, -0.05) is 76.1 Å². The lowest BCUT2D eigenvalue weighted by Crippen LogP contribution is -2.08. The van der Waals surface area contributed by atoms with Crippen molar-refractivity contribution in [2.24, 2.45) is 0 Å². The van der Waals surface area contributed by atoms with Crippen molar-refractivity contribution in [3.05, 3.63) is 94.1 Å². The average Bonchev–Trinajstić information content (AvgIpc) is 2.97. The van der Waals surface area contributed by atoms with E-state index >= 15 is 0 Å². The summed E-state index contributed by atoms with van der Waals surface area (Å²) in [7, 11) is 0. The molecular formula is C34H34F4O2. The lowest BCUT2D eigenvalue weighted by Gasteiger charge is -2.11. The molecular weight excluding hydrogens is 516 g/mol. The normalized spacial score (nSPS) is 10.3. The summed E-state index contributed by atoms with van der Waals surface area (Å²) in [5.74, 6) is 4.31. The van der Waals surface area contributed by atoms with Gasteiger partial charge in [-0.25, -0.2) is 8.78 Å². The van der Waals surface area contributed by atoms with Crippen LogP contribution in [0.1, 0.15) is 87.5 Å². The largest absolute Gasteiger partial charge is 0.494 e. The summed E-state index contributed by atoms with van der Waals surface area (Å²) in [6, 6.07) is 14.2. The molecule has 0 aliphatic carbocycles. The molecule has 0 radical (unpaired) electrons. The summed E-state index contributed by atoms with van der Waals surface area (Å²) in [5.41, 5.74) is 0.953. The number of unbranched alkanes of at least 4 members (excludes halogenated alkanes) is 6. The van der Waals surface area contributed by atoms with Crippen molar-refractivity contribution < 1.29 is 27.0 Å². The van der Waals surface area contributed by atoms with Gasteiger partial charge in [0.2, 0.25) is 11.6 Å². The zero-order chi connectivity index (χ0) is 28.7. The second kappa shape index (κ2) is 16.3. The molecule has 0 saturated carbocycles. The Morgan fingerprint density at radius 3 is 1.48 bits per heavy atom. The smallest absolute Gasteiger partial charge is 0.205 e. The summed E-state index contributed by atoms with van der Waals surface area (Å²) in [5, 5.41) is 0. The minimum Gasteiger partial charge on any atom is -0.494 e. The maximum Gasteiger partial charge on any atom is 0.205 e. The number of ether oxygens (including phenoxy) is 2. The highest BCUT2D eigenvalue weighted by atomic mass is 19.2. The van der Waals surface area contributed by atoms with E-state index in [-0.39, 0.29) is 6.61 Å². The Hall–Kier alpha value is -3.90. The molecule has 0 N–H and O–H groups in total. The van der Waals surface area contributed by atoms with Crippen molar-refractivity contribution in [1.82, 2.24) is 0 Å². The first kappa shape index (κ1) is 30.6. The first-order chi connectivity index (χ1) is 19.4. The van der Waals surface area contributed by atoms with Crippen molar-refractivity contribution in [3.8, 4) is 35.2 Å². The minimum absolute atomic E-state index is 0.0322. The molecule has 0 fully saturated rings. The monoisotopic (exact) mass is 550 g/mol. The minimum atomic E-state index is -1.58. The van der Waals surface area contributed by atoms with Gasteiger partial charge in [0.25, 0.3) is 0 Å². The lowest BCUT2D eigenvalue weighted by molar-refractivity contribution is 0.263. The Morgan fingerprint density at radius 2 is 0.925 bits per heavy atom. The van der Waals surface area contributed by atoms with Gasteiger partial charge in [0, 0.05) is 16.7 Å². The summed E-state index contributed by atoms with van der Waals surface area (Å²) in [6.07, 6.45) is 7.69. The van der Waals surface area contributed by atoms with Crippen molar-refractivity contribution in [3.63, 3.8) is 0 Å². The molecule has 0 bridgehead atoms. The quantitative estimate of drug-likeness (QED) is 0.0970. The number of rotatable bonds is 12. The molecule has 0 unspecified atom stereocenters. The predicted molar refractivity (Wildman–Crippen MR) is 150 cm³/mol. The molecule has 0 heterocycles. The molecule has 3 aromatic carbocycles. The molecule has 0 amide bonds. The van der Waals surface area contributed by atoms with Crippen LogP contribution in [0.15, 0.2) is 48.5 Å². The molecule has 0 atom stereocenters. The molecule has 0 aliphatic heterocycles. The van der Waals surface area contributed by atoms with Crippen LogP contribution in [0.3, 0.4) is 0 Å². The van der Waals surface area contributed by atoms with Crippen LogP contribution >= 0.6 is 0 Å². The van der Waals surface area contributed by atoms with Gasteiger partial charge in [-0.3, -0.25) is 0 Å². The summed E-state index contributed by atoms with van der Waals surface area (Å²) in [6.45, 7) is 4.87. The second-order valence-electron chi connectivity index (χ2n) is 9.38. The number of halogens is 4. The van der Waals surface area contributed by atoms with Gasteiger partial charge in [-0.15, -0.1) is 0 Å². The maximum absolute atomic E-state index is 14.5.